The van der Waals surface area contributed by atoms with Gasteiger partial charge < -0.3 is 25.5 Å². The lowest BCUT2D eigenvalue weighted by molar-refractivity contribution is 0.244. The molecule has 0 aliphatic carbocycles. The summed E-state index contributed by atoms with van der Waals surface area (Å²) in [7, 11) is 0. The Hall–Kier alpha value is -3.95. The van der Waals surface area contributed by atoms with Crippen molar-refractivity contribution >= 4 is 0 Å². The SMILES string of the molecule is CC(C)c1cc(-c2nnc(O)n2-c2ccc(CCN3CCNCC3)cc2)c(O)cc1O.c1ccncc1. The second kappa shape index (κ2) is 12.3. The number of aromatic hydroxyl groups is 3. The van der Waals surface area contributed by atoms with Crippen molar-refractivity contribution in [2.75, 3.05) is 32.7 Å². The van der Waals surface area contributed by atoms with Crippen molar-refractivity contribution < 1.29 is 15.3 Å². The molecule has 1 aliphatic rings. The summed E-state index contributed by atoms with van der Waals surface area (Å²) < 4.78 is 1.50. The first-order chi connectivity index (χ1) is 17.9. The van der Waals surface area contributed by atoms with E-state index in [2.05, 4.69) is 25.4 Å². The van der Waals surface area contributed by atoms with Crippen molar-refractivity contribution in [3.8, 4) is 34.6 Å². The van der Waals surface area contributed by atoms with Crippen molar-refractivity contribution in [2.45, 2.75) is 26.2 Å². The van der Waals surface area contributed by atoms with Crippen LogP contribution in [0.1, 0.15) is 30.9 Å². The molecule has 2 aromatic carbocycles. The van der Waals surface area contributed by atoms with Crippen molar-refractivity contribution in [3.05, 3.63) is 78.1 Å². The van der Waals surface area contributed by atoms with Crippen molar-refractivity contribution in [1.82, 2.24) is 30.0 Å². The summed E-state index contributed by atoms with van der Waals surface area (Å²) in [6, 6.07) is 16.4. The van der Waals surface area contributed by atoms with Gasteiger partial charge in [-0.2, -0.15) is 0 Å². The fraction of sp³-hybridized carbons (Fsp3) is 0.321. The van der Waals surface area contributed by atoms with Crippen LogP contribution in [0.4, 0.5) is 0 Å². The summed E-state index contributed by atoms with van der Waals surface area (Å²) in [4.78, 5) is 6.24. The van der Waals surface area contributed by atoms with Crippen LogP contribution < -0.4 is 5.32 Å². The fourth-order valence-electron chi connectivity index (χ4n) is 4.27. The van der Waals surface area contributed by atoms with Gasteiger partial charge in [-0.25, -0.2) is 4.57 Å². The molecule has 0 amide bonds. The van der Waals surface area contributed by atoms with E-state index in [9.17, 15) is 15.3 Å². The molecule has 1 aliphatic heterocycles. The molecule has 9 heteroatoms. The van der Waals surface area contributed by atoms with Gasteiger partial charge in [0, 0.05) is 51.2 Å². The second-order valence-electron chi connectivity index (χ2n) is 9.27. The van der Waals surface area contributed by atoms with Crippen LogP contribution in [-0.2, 0) is 6.42 Å². The molecule has 1 fully saturated rings. The molecule has 1 saturated heterocycles. The topological polar surface area (TPSA) is 120 Å². The van der Waals surface area contributed by atoms with Gasteiger partial charge >= 0.3 is 6.01 Å². The maximum atomic E-state index is 10.4. The van der Waals surface area contributed by atoms with Crippen LogP contribution in [0.3, 0.4) is 0 Å². The molecule has 0 saturated carbocycles. The average molecular weight is 503 g/mol. The van der Waals surface area contributed by atoms with E-state index in [1.54, 1.807) is 18.5 Å². The molecule has 194 valence electrons. The van der Waals surface area contributed by atoms with Gasteiger partial charge in [-0.1, -0.05) is 37.1 Å². The molecule has 9 nitrogen and oxygen atoms in total. The third kappa shape index (κ3) is 6.63. The summed E-state index contributed by atoms with van der Waals surface area (Å²) in [6.07, 6.45) is 4.46. The number of nitrogens with one attached hydrogen (secondary N) is 1. The Labute approximate surface area is 217 Å². The van der Waals surface area contributed by atoms with Crippen molar-refractivity contribution in [1.29, 1.82) is 0 Å². The standard InChI is InChI=1S/C23H29N5O3.C5H5N/c1-15(2)18-13-19(21(30)14-20(18)29)22-25-26-23(31)28(22)17-5-3-16(4-6-17)7-10-27-11-8-24-9-12-27;1-2-4-6-5-3-1/h3-6,13-15,24,29-30H,7-12H2,1-2H3,(H,26,31);1-5H. The van der Waals surface area contributed by atoms with Crippen LogP contribution >= 0.6 is 0 Å². The molecule has 37 heavy (non-hydrogen) atoms. The maximum Gasteiger partial charge on any atom is 0.319 e. The van der Waals surface area contributed by atoms with Crippen LogP contribution in [0.25, 0.3) is 17.1 Å². The Morgan fingerprint density at radius 2 is 1.59 bits per heavy atom. The van der Waals surface area contributed by atoms with E-state index in [0.29, 0.717) is 22.6 Å². The van der Waals surface area contributed by atoms with E-state index in [0.717, 1.165) is 39.1 Å². The first-order valence-electron chi connectivity index (χ1n) is 12.5. The first-order valence-corrected chi connectivity index (χ1v) is 12.5. The predicted molar refractivity (Wildman–Crippen MR) is 143 cm³/mol. The summed E-state index contributed by atoms with van der Waals surface area (Å²) in [5, 5.41) is 42.2. The van der Waals surface area contributed by atoms with E-state index >= 15 is 0 Å². The van der Waals surface area contributed by atoms with E-state index in [1.807, 2.05) is 56.3 Å². The van der Waals surface area contributed by atoms with Gasteiger partial charge in [-0.15, -0.1) is 5.10 Å². The minimum absolute atomic E-state index is 0.0281. The minimum atomic E-state index is -0.262. The molecule has 3 heterocycles. The highest BCUT2D eigenvalue weighted by molar-refractivity contribution is 5.69. The Morgan fingerprint density at radius 1 is 0.892 bits per heavy atom. The van der Waals surface area contributed by atoms with E-state index in [1.165, 1.54) is 16.2 Å². The van der Waals surface area contributed by atoms with Crippen LogP contribution in [0.2, 0.25) is 0 Å². The highest BCUT2D eigenvalue weighted by Crippen LogP contribution is 2.38. The molecule has 4 aromatic rings. The van der Waals surface area contributed by atoms with Gasteiger partial charge in [0.1, 0.15) is 11.5 Å². The number of phenolic OH excluding ortho intramolecular Hbond substituents is 2. The third-order valence-corrected chi connectivity index (χ3v) is 6.34. The Morgan fingerprint density at radius 3 is 2.19 bits per heavy atom. The lowest BCUT2D eigenvalue weighted by Crippen LogP contribution is -2.44. The van der Waals surface area contributed by atoms with Crippen molar-refractivity contribution in [2.24, 2.45) is 0 Å². The molecule has 0 bridgehead atoms. The molecule has 0 radical (unpaired) electrons. The van der Waals surface area contributed by atoms with Gasteiger partial charge in [-0.3, -0.25) is 4.98 Å². The lowest BCUT2D eigenvalue weighted by Gasteiger charge is -2.27. The number of hydrogen-bond donors (Lipinski definition) is 4. The van der Waals surface area contributed by atoms with E-state index in [4.69, 9.17) is 0 Å². The van der Waals surface area contributed by atoms with Gasteiger partial charge in [0.05, 0.1) is 11.3 Å². The highest BCUT2D eigenvalue weighted by Gasteiger charge is 2.21. The molecule has 0 spiro atoms. The third-order valence-electron chi connectivity index (χ3n) is 6.34. The fourth-order valence-corrected chi connectivity index (χ4v) is 4.27. The number of benzene rings is 2. The summed E-state index contributed by atoms with van der Waals surface area (Å²) in [5.74, 6) is 0.272. The molecule has 2 aromatic heterocycles. The zero-order chi connectivity index (χ0) is 26.2. The molecular weight excluding hydrogens is 468 g/mol. The number of rotatable bonds is 6. The maximum absolute atomic E-state index is 10.4. The van der Waals surface area contributed by atoms with Gasteiger partial charge in [0.15, 0.2) is 5.82 Å². The van der Waals surface area contributed by atoms with Crippen LogP contribution in [0.15, 0.2) is 67.0 Å². The van der Waals surface area contributed by atoms with E-state index in [-0.39, 0.29) is 23.4 Å². The molecular formula is C28H34N6O3. The monoisotopic (exact) mass is 502 g/mol. The smallest absolute Gasteiger partial charge is 0.319 e. The summed E-state index contributed by atoms with van der Waals surface area (Å²) in [5.41, 5.74) is 3.00. The van der Waals surface area contributed by atoms with Gasteiger partial charge in [-0.05, 0) is 53.8 Å². The lowest BCUT2D eigenvalue weighted by atomic mass is 9.98. The highest BCUT2D eigenvalue weighted by atomic mass is 16.3. The Kier molecular flexibility index (Phi) is 8.71. The zero-order valence-electron chi connectivity index (χ0n) is 21.2. The minimum Gasteiger partial charge on any atom is -0.508 e. The molecule has 4 N–H and O–H groups in total. The Balaban J connectivity index is 0.000000469. The second-order valence-corrected chi connectivity index (χ2v) is 9.27. The summed E-state index contributed by atoms with van der Waals surface area (Å²) in [6.45, 7) is 9.15. The van der Waals surface area contributed by atoms with Crippen LogP contribution in [0, 0.1) is 0 Å². The first kappa shape index (κ1) is 26.1. The molecule has 0 unspecified atom stereocenters. The zero-order valence-corrected chi connectivity index (χ0v) is 21.2. The van der Waals surface area contributed by atoms with Gasteiger partial charge in [0.2, 0.25) is 0 Å². The number of hydrogen-bond acceptors (Lipinski definition) is 8. The quantitative estimate of drug-likeness (QED) is 0.315. The number of aromatic nitrogens is 4. The number of piperazine rings is 1. The molecule has 0 atom stereocenters. The van der Waals surface area contributed by atoms with Crippen LogP contribution in [-0.4, -0.2) is 72.7 Å². The van der Waals surface area contributed by atoms with E-state index < -0.39 is 0 Å². The predicted octanol–water partition coefficient (Wildman–Crippen LogP) is 3.70. The summed E-state index contributed by atoms with van der Waals surface area (Å²) >= 11 is 0. The Bertz CT molecular complexity index is 1240. The largest absolute Gasteiger partial charge is 0.508 e. The van der Waals surface area contributed by atoms with Gasteiger partial charge in [0.25, 0.3) is 0 Å². The number of nitrogens with zero attached hydrogens (tertiary/aromatic N) is 5. The average Bonchev–Trinajstić information content (AvgIpc) is 3.30. The van der Waals surface area contributed by atoms with Crippen molar-refractivity contribution in [3.63, 3.8) is 0 Å². The van der Waals surface area contributed by atoms with Crippen LogP contribution in [0.5, 0.6) is 17.5 Å². The molecule has 5 rings (SSSR count). The number of phenols is 2. The normalized spacial score (nSPS) is 13.8. The number of pyridine rings is 1.